The Morgan fingerprint density at radius 3 is 2.13 bits per heavy atom. The van der Waals surface area contributed by atoms with E-state index in [1.54, 1.807) is 43.3 Å². The molecular weight excluding hydrogens is 534 g/mol. The number of carbonyl (C=O) groups is 2. The van der Waals surface area contributed by atoms with Crippen molar-refractivity contribution in [2.45, 2.75) is 65.1 Å². The zero-order valence-corrected chi connectivity index (χ0v) is 24.8. The molecule has 0 spiro atoms. The van der Waals surface area contributed by atoms with Crippen molar-refractivity contribution in [1.82, 2.24) is 10.2 Å². The standard InChI is InChI=1S/C30H36ClN3O4S/c1-20(2)32-30(36)24(6)33(18-25-8-7-9-26(31)17-25)29(35)19-34(28-15-12-22(4)16-23(28)5)39(37,38)27-13-10-21(3)11-14-27/h7-17,20,24H,18-19H2,1-6H3,(H,32,36). The van der Waals surface area contributed by atoms with Crippen molar-refractivity contribution in [2.24, 2.45) is 0 Å². The molecule has 0 heterocycles. The van der Waals surface area contributed by atoms with Gasteiger partial charge in [-0.1, -0.05) is 59.1 Å². The lowest BCUT2D eigenvalue weighted by molar-refractivity contribution is -0.139. The van der Waals surface area contributed by atoms with Gasteiger partial charge in [0.05, 0.1) is 10.6 Å². The first kappa shape index (κ1) is 30.2. The predicted octanol–water partition coefficient (Wildman–Crippen LogP) is 5.40. The van der Waals surface area contributed by atoms with Crippen LogP contribution in [-0.2, 0) is 26.2 Å². The summed E-state index contributed by atoms with van der Waals surface area (Å²) in [5.74, 6) is -0.850. The van der Waals surface area contributed by atoms with Gasteiger partial charge in [-0.2, -0.15) is 0 Å². The maximum Gasteiger partial charge on any atom is 0.264 e. The average Bonchev–Trinajstić information content (AvgIpc) is 2.85. The minimum Gasteiger partial charge on any atom is -0.352 e. The molecule has 0 bridgehead atoms. The third-order valence-electron chi connectivity index (χ3n) is 6.35. The number of halogens is 1. The molecule has 1 N–H and O–H groups in total. The topological polar surface area (TPSA) is 86.8 Å². The molecule has 3 aromatic carbocycles. The van der Waals surface area contributed by atoms with E-state index in [1.807, 2.05) is 52.8 Å². The van der Waals surface area contributed by atoms with Crippen molar-refractivity contribution in [2.75, 3.05) is 10.8 Å². The van der Waals surface area contributed by atoms with Crippen LogP contribution < -0.4 is 9.62 Å². The maximum absolute atomic E-state index is 14.0. The molecule has 7 nitrogen and oxygen atoms in total. The van der Waals surface area contributed by atoms with Gasteiger partial charge >= 0.3 is 0 Å². The summed E-state index contributed by atoms with van der Waals surface area (Å²) < 4.78 is 29.0. The lowest BCUT2D eigenvalue weighted by Gasteiger charge is -2.32. The SMILES string of the molecule is Cc1ccc(S(=O)(=O)N(CC(=O)N(Cc2cccc(Cl)c2)C(C)C(=O)NC(C)C)c2ccc(C)cc2C)cc1. The van der Waals surface area contributed by atoms with Crippen LogP contribution in [0, 0.1) is 20.8 Å². The number of anilines is 1. The molecule has 0 aliphatic heterocycles. The second kappa shape index (κ2) is 12.7. The number of amides is 2. The van der Waals surface area contributed by atoms with E-state index in [4.69, 9.17) is 11.6 Å². The summed E-state index contributed by atoms with van der Waals surface area (Å²) in [4.78, 5) is 28.4. The Morgan fingerprint density at radius 1 is 0.897 bits per heavy atom. The summed E-state index contributed by atoms with van der Waals surface area (Å²) in [6.45, 7) is 10.5. The van der Waals surface area contributed by atoms with E-state index in [0.29, 0.717) is 16.3 Å². The van der Waals surface area contributed by atoms with Crippen LogP contribution in [0.15, 0.2) is 71.6 Å². The highest BCUT2D eigenvalue weighted by Crippen LogP contribution is 2.28. The molecule has 0 saturated carbocycles. The lowest BCUT2D eigenvalue weighted by Crippen LogP contribution is -2.52. The number of hydrogen-bond acceptors (Lipinski definition) is 4. The van der Waals surface area contributed by atoms with Crippen LogP contribution in [0.3, 0.4) is 0 Å². The molecule has 3 aromatic rings. The summed E-state index contributed by atoms with van der Waals surface area (Å²) in [6.07, 6.45) is 0. The Bertz CT molecular complexity index is 1440. The maximum atomic E-state index is 14.0. The van der Waals surface area contributed by atoms with Gasteiger partial charge in [0, 0.05) is 17.6 Å². The third-order valence-corrected chi connectivity index (χ3v) is 8.36. The van der Waals surface area contributed by atoms with Crippen LogP contribution in [0.25, 0.3) is 0 Å². The van der Waals surface area contributed by atoms with Gasteiger partial charge in [0.2, 0.25) is 11.8 Å². The van der Waals surface area contributed by atoms with Crippen molar-refractivity contribution in [3.63, 3.8) is 0 Å². The molecule has 0 saturated heterocycles. The molecule has 0 aromatic heterocycles. The minimum absolute atomic E-state index is 0.0767. The van der Waals surface area contributed by atoms with Crippen LogP contribution in [0.4, 0.5) is 5.69 Å². The molecule has 9 heteroatoms. The van der Waals surface area contributed by atoms with Crippen molar-refractivity contribution < 1.29 is 18.0 Å². The van der Waals surface area contributed by atoms with Gasteiger partial charge < -0.3 is 10.2 Å². The normalized spacial score (nSPS) is 12.2. The second-order valence-corrected chi connectivity index (χ2v) is 12.4. The smallest absolute Gasteiger partial charge is 0.264 e. The molecule has 0 radical (unpaired) electrons. The van der Waals surface area contributed by atoms with Gasteiger partial charge in [0.15, 0.2) is 0 Å². The van der Waals surface area contributed by atoms with Gasteiger partial charge in [0.1, 0.15) is 12.6 Å². The van der Waals surface area contributed by atoms with E-state index in [1.165, 1.54) is 17.0 Å². The Hall–Kier alpha value is -3.36. The number of benzene rings is 3. The van der Waals surface area contributed by atoms with Crippen LogP contribution in [0.5, 0.6) is 0 Å². The highest BCUT2D eigenvalue weighted by atomic mass is 35.5. The Balaban J connectivity index is 2.07. The van der Waals surface area contributed by atoms with Crippen LogP contribution in [0.1, 0.15) is 43.0 Å². The first-order valence-corrected chi connectivity index (χ1v) is 14.6. The van der Waals surface area contributed by atoms with E-state index in [9.17, 15) is 18.0 Å². The van der Waals surface area contributed by atoms with Gasteiger partial charge in [-0.05, 0) is 83.0 Å². The minimum atomic E-state index is -4.12. The van der Waals surface area contributed by atoms with E-state index in [2.05, 4.69) is 5.32 Å². The fourth-order valence-corrected chi connectivity index (χ4v) is 5.95. The van der Waals surface area contributed by atoms with Crippen molar-refractivity contribution in [1.29, 1.82) is 0 Å². The first-order chi connectivity index (χ1) is 18.3. The third kappa shape index (κ3) is 7.61. The van der Waals surface area contributed by atoms with Crippen molar-refractivity contribution in [3.05, 3.63) is 94.0 Å². The number of aryl methyl sites for hydroxylation is 3. The summed E-state index contributed by atoms with van der Waals surface area (Å²) in [5, 5.41) is 3.34. The van der Waals surface area contributed by atoms with E-state index < -0.39 is 28.5 Å². The summed E-state index contributed by atoms with van der Waals surface area (Å²) >= 11 is 6.18. The predicted molar refractivity (Wildman–Crippen MR) is 156 cm³/mol. The monoisotopic (exact) mass is 569 g/mol. The molecule has 0 fully saturated rings. The van der Waals surface area contributed by atoms with Gasteiger partial charge in [0.25, 0.3) is 10.0 Å². The van der Waals surface area contributed by atoms with Crippen molar-refractivity contribution in [3.8, 4) is 0 Å². The first-order valence-electron chi connectivity index (χ1n) is 12.8. The number of nitrogens with one attached hydrogen (secondary N) is 1. The van der Waals surface area contributed by atoms with Gasteiger partial charge in [-0.3, -0.25) is 13.9 Å². The summed E-state index contributed by atoms with van der Waals surface area (Å²) in [7, 11) is -4.12. The molecular formula is C30H36ClN3O4S. The summed E-state index contributed by atoms with van der Waals surface area (Å²) in [5.41, 5.74) is 3.72. The fourth-order valence-electron chi connectivity index (χ4n) is 4.26. The van der Waals surface area contributed by atoms with Crippen LogP contribution in [-0.4, -0.2) is 43.8 Å². The van der Waals surface area contributed by atoms with Crippen LogP contribution >= 0.6 is 11.6 Å². The van der Waals surface area contributed by atoms with Gasteiger partial charge in [-0.15, -0.1) is 0 Å². The zero-order chi connectivity index (χ0) is 28.9. The number of hydrogen-bond donors (Lipinski definition) is 1. The van der Waals surface area contributed by atoms with Crippen LogP contribution in [0.2, 0.25) is 5.02 Å². The Labute approximate surface area is 236 Å². The molecule has 2 amide bonds. The molecule has 1 unspecified atom stereocenters. The second-order valence-electron chi connectivity index (χ2n) is 10.1. The fraction of sp³-hybridized carbons (Fsp3) is 0.333. The summed E-state index contributed by atoms with van der Waals surface area (Å²) in [6, 6.07) is 17.9. The van der Waals surface area contributed by atoms with E-state index in [-0.39, 0.29) is 23.4 Å². The molecule has 208 valence electrons. The number of sulfonamides is 1. The Morgan fingerprint density at radius 2 is 1.54 bits per heavy atom. The molecule has 3 rings (SSSR count). The molecule has 1 atom stereocenters. The number of carbonyl (C=O) groups excluding carboxylic acids is 2. The largest absolute Gasteiger partial charge is 0.352 e. The van der Waals surface area contributed by atoms with Crippen molar-refractivity contribution >= 4 is 39.1 Å². The van der Waals surface area contributed by atoms with E-state index in [0.717, 1.165) is 21.0 Å². The highest BCUT2D eigenvalue weighted by Gasteiger charge is 2.33. The van der Waals surface area contributed by atoms with Gasteiger partial charge in [-0.25, -0.2) is 8.42 Å². The zero-order valence-electron chi connectivity index (χ0n) is 23.2. The highest BCUT2D eigenvalue weighted by molar-refractivity contribution is 7.92. The quantitative estimate of drug-likeness (QED) is 0.354. The lowest BCUT2D eigenvalue weighted by atomic mass is 10.1. The Kier molecular flexibility index (Phi) is 9.80. The molecule has 39 heavy (non-hydrogen) atoms. The number of nitrogens with zero attached hydrogens (tertiary/aromatic N) is 2. The molecule has 0 aliphatic carbocycles. The average molecular weight is 570 g/mol. The number of rotatable bonds is 10. The van der Waals surface area contributed by atoms with E-state index >= 15 is 0 Å². The molecule has 0 aliphatic rings.